The van der Waals surface area contributed by atoms with Crippen LogP contribution in [0, 0.1) is 0 Å². The van der Waals surface area contributed by atoms with E-state index in [0.29, 0.717) is 33.9 Å². The normalized spacial score (nSPS) is 11.0. The molecule has 0 aromatic heterocycles. The molecule has 2 N–H and O–H groups in total. The standard InChI is InChI=1S/C21H12O6/c22-10-11-1-4-14(21(25)26)17(7-11)20-15-5-2-12(23)8-18(15)27-19-9-13(24)3-6-16(19)20/h1-10,23H,(H,25,26). The fourth-order valence-corrected chi connectivity index (χ4v) is 3.18. The minimum absolute atomic E-state index is 0.00803. The number of benzene rings is 3. The van der Waals surface area contributed by atoms with Gasteiger partial charge < -0.3 is 14.6 Å². The lowest BCUT2D eigenvalue weighted by Crippen LogP contribution is -2.04. The molecule has 0 atom stereocenters. The second kappa shape index (κ2) is 6.10. The predicted octanol–water partition coefficient (Wildman–Crippen LogP) is 3.78. The Hall–Kier alpha value is -3.93. The maximum atomic E-state index is 11.8. The summed E-state index contributed by atoms with van der Waals surface area (Å²) in [6.45, 7) is 0. The van der Waals surface area contributed by atoms with Crippen molar-refractivity contribution in [2.45, 2.75) is 0 Å². The molecule has 1 aliphatic carbocycles. The lowest BCUT2D eigenvalue weighted by atomic mass is 9.90. The van der Waals surface area contributed by atoms with Gasteiger partial charge in [-0.3, -0.25) is 9.59 Å². The summed E-state index contributed by atoms with van der Waals surface area (Å²) in [7, 11) is 0. The molecular weight excluding hydrogens is 348 g/mol. The first-order valence-corrected chi connectivity index (χ1v) is 8.00. The minimum Gasteiger partial charge on any atom is -0.508 e. The number of carboxylic acids is 1. The molecule has 1 aliphatic heterocycles. The van der Waals surface area contributed by atoms with E-state index in [1.165, 1.54) is 42.5 Å². The number of aldehydes is 1. The number of hydrogen-bond acceptors (Lipinski definition) is 5. The molecule has 2 aromatic rings. The molecule has 0 fully saturated rings. The second-order valence-electron chi connectivity index (χ2n) is 6.04. The predicted molar refractivity (Wildman–Crippen MR) is 98.6 cm³/mol. The Labute approximate surface area is 152 Å². The van der Waals surface area contributed by atoms with Crippen LogP contribution in [-0.4, -0.2) is 22.5 Å². The summed E-state index contributed by atoms with van der Waals surface area (Å²) in [5.74, 6) is -0.929. The molecule has 0 radical (unpaired) electrons. The Balaban J connectivity index is 2.23. The summed E-state index contributed by atoms with van der Waals surface area (Å²) in [5.41, 5.74) is 1.70. The van der Waals surface area contributed by atoms with Crippen molar-refractivity contribution < 1.29 is 24.2 Å². The lowest BCUT2D eigenvalue weighted by Gasteiger charge is -2.17. The van der Waals surface area contributed by atoms with Gasteiger partial charge in [0.05, 0.1) is 5.56 Å². The molecule has 6 nitrogen and oxygen atoms in total. The summed E-state index contributed by atoms with van der Waals surface area (Å²) in [6, 6.07) is 13.0. The Bertz CT molecular complexity index is 1250. The molecule has 0 bridgehead atoms. The van der Waals surface area contributed by atoms with Crippen molar-refractivity contribution in [3.05, 3.63) is 75.9 Å². The molecule has 4 rings (SSSR count). The van der Waals surface area contributed by atoms with E-state index < -0.39 is 5.97 Å². The quantitative estimate of drug-likeness (QED) is 0.425. The van der Waals surface area contributed by atoms with Crippen molar-refractivity contribution >= 4 is 23.2 Å². The smallest absolute Gasteiger partial charge is 0.336 e. The molecule has 0 saturated carbocycles. The second-order valence-corrected chi connectivity index (χ2v) is 6.04. The van der Waals surface area contributed by atoms with Gasteiger partial charge in [-0.2, -0.15) is 0 Å². The number of aromatic hydroxyl groups is 1. The van der Waals surface area contributed by atoms with Crippen molar-refractivity contribution in [1.29, 1.82) is 0 Å². The number of rotatable bonds is 3. The largest absolute Gasteiger partial charge is 0.508 e. The zero-order valence-electron chi connectivity index (χ0n) is 13.8. The minimum atomic E-state index is -1.15. The highest BCUT2D eigenvalue weighted by atomic mass is 16.4. The van der Waals surface area contributed by atoms with Crippen LogP contribution in [0.1, 0.15) is 20.7 Å². The van der Waals surface area contributed by atoms with Crippen LogP contribution >= 0.6 is 0 Å². The first-order chi connectivity index (χ1) is 13.0. The van der Waals surface area contributed by atoms with E-state index in [0.717, 1.165) is 0 Å². The van der Waals surface area contributed by atoms with Gasteiger partial charge in [0.15, 0.2) is 5.43 Å². The van der Waals surface area contributed by atoms with Crippen molar-refractivity contribution in [1.82, 2.24) is 0 Å². The van der Waals surface area contributed by atoms with Gasteiger partial charge in [-0.1, -0.05) is 6.07 Å². The summed E-state index contributed by atoms with van der Waals surface area (Å²) in [4.78, 5) is 34.8. The highest BCUT2D eigenvalue weighted by Crippen LogP contribution is 2.42. The average Bonchev–Trinajstić information content (AvgIpc) is 2.65. The van der Waals surface area contributed by atoms with E-state index in [4.69, 9.17) is 4.42 Å². The molecule has 27 heavy (non-hydrogen) atoms. The van der Waals surface area contributed by atoms with E-state index in [2.05, 4.69) is 0 Å². The molecule has 6 heteroatoms. The van der Waals surface area contributed by atoms with Crippen LogP contribution < -0.4 is 5.43 Å². The van der Waals surface area contributed by atoms with Crippen LogP contribution in [-0.2, 0) is 0 Å². The highest BCUT2D eigenvalue weighted by Gasteiger charge is 2.22. The summed E-state index contributed by atoms with van der Waals surface area (Å²) in [6.07, 6.45) is 0.633. The third-order valence-corrected chi connectivity index (χ3v) is 4.36. The van der Waals surface area contributed by atoms with E-state index in [9.17, 15) is 24.6 Å². The first-order valence-electron chi connectivity index (χ1n) is 8.00. The number of aromatic carboxylic acids is 1. The topological polar surface area (TPSA) is 105 Å². The number of carbonyl (C=O) groups excluding carboxylic acids is 1. The third kappa shape index (κ3) is 2.73. The Morgan fingerprint density at radius 1 is 0.963 bits per heavy atom. The number of hydrogen-bond donors (Lipinski definition) is 2. The van der Waals surface area contributed by atoms with Crippen LogP contribution in [0.15, 0.2) is 63.8 Å². The molecule has 0 saturated heterocycles. The van der Waals surface area contributed by atoms with Crippen LogP contribution in [0.2, 0.25) is 0 Å². The van der Waals surface area contributed by atoms with Crippen molar-refractivity contribution in [2.24, 2.45) is 0 Å². The van der Waals surface area contributed by atoms with Crippen molar-refractivity contribution in [2.75, 3.05) is 0 Å². The fraction of sp³-hybridized carbons (Fsp3) is 0. The van der Waals surface area contributed by atoms with Gasteiger partial charge in [-0.25, -0.2) is 4.79 Å². The number of fused-ring (bicyclic) bond motifs is 2. The fourth-order valence-electron chi connectivity index (χ4n) is 3.18. The SMILES string of the molecule is O=Cc1ccc(C(=O)O)c(-c2c3ccc(=O)cc-3oc3cc(O)ccc23)c1. The number of phenols is 1. The number of phenolic OH excluding ortho intramolecular Hbond substituents is 1. The summed E-state index contributed by atoms with van der Waals surface area (Å²) in [5, 5.41) is 19.9. The average molecular weight is 360 g/mol. The molecule has 0 unspecified atom stereocenters. The maximum Gasteiger partial charge on any atom is 0.336 e. The van der Waals surface area contributed by atoms with E-state index in [1.807, 2.05) is 0 Å². The van der Waals surface area contributed by atoms with Crippen molar-refractivity contribution in [3.8, 4) is 28.2 Å². The zero-order valence-corrected chi connectivity index (χ0v) is 13.8. The van der Waals surface area contributed by atoms with E-state index >= 15 is 0 Å². The zero-order chi connectivity index (χ0) is 19.1. The Morgan fingerprint density at radius 2 is 1.78 bits per heavy atom. The molecule has 132 valence electrons. The molecular formula is C21H12O6. The van der Waals surface area contributed by atoms with Crippen molar-refractivity contribution in [3.63, 3.8) is 0 Å². The highest BCUT2D eigenvalue weighted by molar-refractivity contribution is 6.08. The van der Waals surface area contributed by atoms with Gasteiger partial charge >= 0.3 is 5.97 Å². The maximum absolute atomic E-state index is 11.8. The van der Waals surface area contributed by atoms with Crippen LogP contribution in [0.4, 0.5) is 0 Å². The first kappa shape index (κ1) is 16.5. The molecule has 2 aliphatic rings. The van der Waals surface area contributed by atoms with Gasteiger partial charge in [-0.15, -0.1) is 0 Å². The Morgan fingerprint density at radius 3 is 2.52 bits per heavy atom. The van der Waals surface area contributed by atoms with Gasteiger partial charge in [0.2, 0.25) is 0 Å². The van der Waals surface area contributed by atoms with E-state index in [1.54, 1.807) is 12.1 Å². The van der Waals surface area contributed by atoms with Crippen LogP contribution in [0.3, 0.4) is 0 Å². The molecule has 2 aromatic carbocycles. The van der Waals surface area contributed by atoms with Gasteiger partial charge in [0, 0.05) is 34.2 Å². The number of carboxylic acid groups (broad SMARTS) is 1. The van der Waals surface area contributed by atoms with Gasteiger partial charge in [-0.05, 0) is 42.0 Å². The van der Waals surface area contributed by atoms with Crippen LogP contribution in [0.5, 0.6) is 5.75 Å². The Kier molecular flexibility index (Phi) is 3.74. The van der Waals surface area contributed by atoms with E-state index in [-0.39, 0.29) is 28.1 Å². The lowest BCUT2D eigenvalue weighted by molar-refractivity contribution is 0.0697. The number of carbonyl (C=O) groups is 2. The molecule has 0 spiro atoms. The monoisotopic (exact) mass is 360 g/mol. The summed E-state index contributed by atoms with van der Waals surface area (Å²) >= 11 is 0. The van der Waals surface area contributed by atoms with Crippen LogP contribution in [0.25, 0.3) is 33.4 Å². The molecule has 1 heterocycles. The van der Waals surface area contributed by atoms with Gasteiger partial charge in [0.1, 0.15) is 23.4 Å². The third-order valence-electron chi connectivity index (χ3n) is 4.36. The summed E-state index contributed by atoms with van der Waals surface area (Å²) < 4.78 is 5.75. The van der Waals surface area contributed by atoms with Gasteiger partial charge in [0.25, 0.3) is 0 Å². The molecule has 0 amide bonds.